The summed E-state index contributed by atoms with van der Waals surface area (Å²) < 4.78 is 74.6. The van der Waals surface area contributed by atoms with Crippen LogP contribution in [0.1, 0.15) is 50.4 Å². The van der Waals surface area contributed by atoms with Gasteiger partial charge in [0, 0.05) is 38.3 Å². The van der Waals surface area contributed by atoms with Gasteiger partial charge in [-0.15, -0.1) is 11.3 Å². The van der Waals surface area contributed by atoms with E-state index in [0.29, 0.717) is 30.9 Å². The second-order valence-electron chi connectivity index (χ2n) is 12.0. The first-order valence-electron chi connectivity index (χ1n) is 15.8. The molecular formula is C33H45N3O9S3. The van der Waals surface area contributed by atoms with Crippen molar-refractivity contribution in [2.75, 3.05) is 45.2 Å². The monoisotopic (exact) mass is 723 g/mol. The van der Waals surface area contributed by atoms with Crippen LogP contribution in [0.5, 0.6) is 11.5 Å². The molecule has 3 aromatic rings. The van der Waals surface area contributed by atoms with Crippen LogP contribution in [0.2, 0.25) is 0 Å². The molecule has 0 unspecified atom stereocenters. The summed E-state index contributed by atoms with van der Waals surface area (Å²) in [7, 11) is -4.76. The first-order valence-corrected chi connectivity index (χ1v) is 19.6. The predicted octanol–water partition coefficient (Wildman–Crippen LogP) is 4.67. The SMILES string of the molecule is COc1ccc(S(=O)(=O)N(C)C[C@@H]2OCCCC[C@@H](C)Oc3ccc(NS(=O)(=O)c4cccs4)cc3C(=O)N([C@H](C)CO)C[C@@H]2C)cc1. The fourth-order valence-electron chi connectivity index (χ4n) is 5.35. The number of carbonyl (C=O) groups is 1. The number of ether oxygens (including phenoxy) is 3. The zero-order valence-electron chi connectivity index (χ0n) is 27.9. The summed E-state index contributed by atoms with van der Waals surface area (Å²) in [5.74, 6) is -0.0128. The van der Waals surface area contributed by atoms with E-state index in [4.69, 9.17) is 14.2 Å². The molecule has 1 amide bonds. The summed E-state index contributed by atoms with van der Waals surface area (Å²) >= 11 is 1.08. The Labute approximate surface area is 287 Å². The van der Waals surface area contributed by atoms with Gasteiger partial charge in [0.15, 0.2) is 0 Å². The maximum Gasteiger partial charge on any atom is 0.271 e. The molecule has 12 nitrogen and oxygen atoms in total. The normalized spacial score (nSPS) is 20.8. The number of rotatable bonds is 10. The summed E-state index contributed by atoms with van der Waals surface area (Å²) in [6.45, 7) is 5.65. The van der Waals surface area contributed by atoms with Gasteiger partial charge in [-0.3, -0.25) is 9.52 Å². The van der Waals surface area contributed by atoms with Gasteiger partial charge in [-0.25, -0.2) is 16.8 Å². The Bertz CT molecular complexity index is 1720. The van der Waals surface area contributed by atoms with E-state index in [1.807, 2.05) is 13.8 Å². The molecule has 0 bridgehead atoms. The Morgan fingerprint density at radius 3 is 2.48 bits per heavy atom. The van der Waals surface area contributed by atoms with Crippen LogP contribution >= 0.6 is 11.3 Å². The van der Waals surface area contributed by atoms with E-state index in [2.05, 4.69) is 4.72 Å². The van der Waals surface area contributed by atoms with Crippen molar-refractivity contribution in [3.63, 3.8) is 0 Å². The molecule has 1 aliphatic rings. The number of amides is 1. The van der Waals surface area contributed by atoms with Crippen molar-refractivity contribution in [1.82, 2.24) is 9.21 Å². The molecule has 1 aromatic heterocycles. The van der Waals surface area contributed by atoms with Gasteiger partial charge in [0.25, 0.3) is 15.9 Å². The third-order valence-corrected chi connectivity index (χ3v) is 12.9. The fourth-order valence-corrected chi connectivity index (χ4v) is 8.58. The molecule has 48 heavy (non-hydrogen) atoms. The summed E-state index contributed by atoms with van der Waals surface area (Å²) in [5, 5.41) is 11.9. The zero-order chi connectivity index (χ0) is 35.1. The van der Waals surface area contributed by atoms with Crippen molar-refractivity contribution in [2.45, 2.75) is 67.4 Å². The molecule has 0 aliphatic carbocycles. The second kappa shape index (κ2) is 16.5. The molecule has 0 radical (unpaired) electrons. The Hall–Kier alpha value is -3.21. The van der Waals surface area contributed by atoms with E-state index in [1.165, 1.54) is 47.6 Å². The molecule has 1 aliphatic heterocycles. The topological polar surface area (TPSA) is 152 Å². The van der Waals surface area contributed by atoms with Gasteiger partial charge in [-0.1, -0.05) is 13.0 Å². The number of carbonyl (C=O) groups excluding carboxylic acids is 1. The van der Waals surface area contributed by atoms with Gasteiger partial charge in [0.2, 0.25) is 10.0 Å². The third-order valence-electron chi connectivity index (χ3n) is 8.27. The first-order chi connectivity index (χ1) is 22.8. The fraction of sp³-hybridized carbons (Fsp3) is 0.485. The minimum absolute atomic E-state index is 0.0236. The number of likely N-dealkylation sites (N-methyl/N-ethyl adjacent to an activating group) is 1. The number of hydrogen-bond donors (Lipinski definition) is 2. The van der Waals surface area contributed by atoms with E-state index in [1.54, 1.807) is 42.6 Å². The van der Waals surface area contributed by atoms with E-state index in [0.717, 1.165) is 17.8 Å². The minimum atomic E-state index is -3.89. The average molecular weight is 724 g/mol. The standard InChI is InChI=1S/C33H45N3O9S3/c1-23-20-36(24(2)22-37)33(38)29-19-26(34-47(39,40)32-10-8-18-46-32)11-16-30(29)45-25(3)9-6-7-17-44-31(23)21-35(4)48(41,42)28-14-12-27(43-5)13-15-28/h8,10-16,18-19,23-25,31,34,37H,6-7,9,17,20-22H2,1-5H3/t23-,24+,25+,31-/m0/s1. The quantitative estimate of drug-likeness (QED) is 0.304. The van der Waals surface area contributed by atoms with Crippen molar-refractivity contribution in [1.29, 1.82) is 0 Å². The lowest BCUT2D eigenvalue weighted by atomic mass is 10.0. The molecule has 2 N–H and O–H groups in total. The lowest BCUT2D eigenvalue weighted by Gasteiger charge is -2.35. The maximum absolute atomic E-state index is 14.3. The third kappa shape index (κ3) is 9.27. The van der Waals surface area contributed by atoms with Gasteiger partial charge in [-0.05, 0) is 87.0 Å². The van der Waals surface area contributed by atoms with Gasteiger partial charge in [0.05, 0.1) is 42.4 Å². The van der Waals surface area contributed by atoms with E-state index < -0.39 is 38.1 Å². The number of nitrogens with zero attached hydrogens (tertiary/aromatic N) is 2. The van der Waals surface area contributed by atoms with Crippen LogP contribution in [-0.2, 0) is 24.8 Å². The van der Waals surface area contributed by atoms with Crippen LogP contribution in [0.15, 0.2) is 69.1 Å². The zero-order valence-corrected chi connectivity index (χ0v) is 30.3. The molecule has 15 heteroatoms. The molecule has 2 aromatic carbocycles. The van der Waals surface area contributed by atoms with Crippen LogP contribution in [0, 0.1) is 5.92 Å². The van der Waals surface area contributed by atoms with Crippen molar-refractivity contribution >= 4 is 43.0 Å². The Morgan fingerprint density at radius 1 is 1.10 bits per heavy atom. The second-order valence-corrected chi connectivity index (χ2v) is 16.9. The molecule has 0 saturated heterocycles. The van der Waals surface area contributed by atoms with Crippen LogP contribution in [-0.4, -0.2) is 95.8 Å². The molecule has 4 atom stereocenters. The number of benzene rings is 2. The Kier molecular flexibility index (Phi) is 12.9. The number of methoxy groups -OCH3 is 1. The number of hydrogen-bond acceptors (Lipinski definition) is 10. The van der Waals surface area contributed by atoms with Crippen LogP contribution < -0.4 is 14.2 Å². The highest BCUT2D eigenvalue weighted by Crippen LogP contribution is 2.30. The van der Waals surface area contributed by atoms with Crippen molar-refractivity contribution in [3.05, 3.63) is 65.5 Å². The summed E-state index contributed by atoms with van der Waals surface area (Å²) in [6, 6.07) is 13.2. The van der Waals surface area contributed by atoms with E-state index >= 15 is 0 Å². The molecule has 0 fully saturated rings. The van der Waals surface area contributed by atoms with Gasteiger partial charge in [0.1, 0.15) is 15.7 Å². The van der Waals surface area contributed by atoms with Crippen LogP contribution in [0.4, 0.5) is 5.69 Å². The Morgan fingerprint density at radius 2 is 1.83 bits per heavy atom. The molecule has 0 saturated carbocycles. The predicted molar refractivity (Wildman–Crippen MR) is 185 cm³/mol. The van der Waals surface area contributed by atoms with E-state index in [9.17, 15) is 26.7 Å². The number of aliphatic hydroxyl groups is 1. The summed E-state index contributed by atoms with van der Waals surface area (Å²) in [4.78, 5) is 15.9. The number of fused-ring (bicyclic) bond motifs is 1. The van der Waals surface area contributed by atoms with Crippen LogP contribution in [0.3, 0.4) is 0 Å². The highest BCUT2D eigenvalue weighted by Gasteiger charge is 2.32. The largest absolute Gasteiger partial charge is 0.497 e. The number of thiophene rings is 1. The smallest absolute Gasteiger partial charge is 0.271 e. The molecule has 2 heterocycles. The molecule has 0 spiro atoms. The molecular weight excluding hydrogens is 679 g/mol. The highest BCUT2D eigenvalue weighted by molar-refractivity contribution is 7.94. The van der Waals surface area contributed by atoms with Gasteiger partial charge in [-0.2, -0.15) is 4.31 Å². The Balaban J connectivity index is 1.66. The maximum atomic E-state index is 14.3. The van der Waals surface area contributed by atoms with Gasteiger partial charge < -0.3 is 24.2 Å². The number of aliphatic hydroxyl groups excluding tert-OH is 1. The number of anilines is 1. The average Bonchev–Trinajstić information content (AvgIpc) is 3.62. The molecule has 4 rings (SSSR count). The highest BCUT2D eigenvalue weighted by atomic mass is 32.2. The number of sulfonamides is 2. The summed E-state index contributed by atoms with van der Waals surface area (Å²) in [5.41, 5.74) is 0.318. The molecule has 264 valence electrons. The van der Waals surface area contributed by atoms with E-state index in [-0.39, 0.29) is 52.1 Å². The van der Waals surface area contributed by atoms with Crippen molar-refractivity contribution < 1.29 is 40.9 Å². The first kappa shape index (κ1) is 37.6. The van der Waals surface area contributed by atoms with Crippen molar-refractivity contribution in [3.8, 4) is 11.5 Å². The lowest BCUT2D eigenvalue weighted by molar-refractivity contribution is -0.00833. The minimum Gasteiger partial charge on any atom is -0.497 e. The summed E-state index contributed by atoms with van der Waals surface area (Å²) in [6.07, 6.45) is 1.26. The van der Waals surface area contributed by atoms with Crippen molar-refractivity contribution in [2.24, 2.45) is 5.92 Å². The van der Waals surface area contributed by atoms with Crippen LogP contribution in [0.25, 0.3) is 0 Å². The lowest BCUT2D eigenvalue weighted by Crippen LogP contribution is -2.48. The van der Waals surface area contributed by atoms with Gasteiger partial charge >= 0.3 is 0 Å². The number of nitrogens with one attached hydrogen (secondary N) is 1.